The summed E-state index contributed by atoms with van der Waals surface area (Å²) < 4.78 is 0. The van der Waals surface area contributed by atoms with Crippen LogP contribution in [-0.4, -0.2) is 34.0 Å². The van der Waals surface area contributed by atoms with Gasteiger partial charge in [0.2, 0.25) is 5.95 Å². The first-order chi connectivity index (χ1) is 7.49. The number of hydrogen-bond acceptors (Lipinski definition) is 7. The second kappa shape index (κ2) is 3.60. The molecule has 0 bridgehead atoms. The summed E-state index contributed by atoms with van der Waals surface area (Å²) in [6, 6.07) is 0. The van der Waals surface area contributed by atoms with E-state index in [2.05, 4.69) is 19.9 Å². The third-order valence-electron chi connectivity index (χ3n) is 1.94. The lowest BCUT2D eigenvalue weighted by Gasteiger charge is -2.12. The maximum atomic E-state index is 5.95. The van der Waals surface area contributed by atoms with Crippen molar-refractivity contribution >= 4 is 40.3 Å². The van der Waals surface area contributed by atoms with Gasteiger partial charge in [0.15, 0.2) is 28.0 Å². The number of aromatic nitrogens is 4. The van der Waals surface area contributed by atoms with Crippen LogP contribution in [0.15, 0.2) is 0 Å². The maximum absolute atomic E-state index is 5.95. The number of nitrogens with two attached hydrogens (primary N) is 2. The standard InChI is InChI=1S/C8H10ClN7/c1-16(2)7-4(9)12-3-5(10)13-8(11)15-6(3)14-7/h1-2H3,(H4,10,11,13,14,15). The Morgan fingerprint density at radius 3 is 2.38 bits per heavy atom. The van der Waals surface area contributed by atoms with Crippen LogP contribution in [-0.2, 0) is 0 Å². The number of nitrogen functional groups attached to an aromatic ring is 2. The largest absolute Gasteiger partial charge is 0.382 e. The first kappa shape index (κ1) is 10.6. The van der Waals surface area contributed by atoms with Crippen molar-refractivity contribution < 1.29 is 0 Å². The molecule has 2 aromatic heterocycles. The molecule has 4 N–H and O–H groups in total. The third-order valence-corrected chi connectivity index (χ3v) is 2.19. The molecular weight excluding hydrogens is 230 g/mol. The van der Waals surface area contributed by atoms with E-state index in [1.54, 1.807) is 19.0 Å². The van der Waals surface area contributed by atoms with Gasteiger partial charge in [0.05, 0.1) is 0 Å². The van der Waals surface area contributed by atoms with Crippen LogP contribution in [0.5, 0.6) is 0 Å². The van der Waals surface area contributed by atoms with Crippen LogP contribution in [0.4, 0.5) is 17.6 Å². The van der Waals surface area contributed by atoms with Crippen molar-refractivity contribution in [3.8, 4) is 0 Å². The first-order valence-corrected chi connectivity index (χ1v) is 4.80. The number of halogens is 1. The molecule has 84 valence electrons. The average Bonchev–Trinajstić information content (AvgIpc) is 2.18. The molecule has 8 heteroatoms. The Morgan fingerprint density at radius 2 is 1.75 bits per heavy atom. The summed E-state index contributed by atoms with van der Waals surface area (Å²) in [7, 11) is 3.60. The highest BCUT2D eigenvalue weighted by Crippen LogP contribution is 2.24. The number of hydrogen-bond donors (Lipinski definition) is 2. The molecule has 0 atom stereocenters. The lowest BCUT2D eigenvalue weighted by atomic mass is 10.4. The van der Waals surface area contributed by atoms with Gasteiger partial charge in [0, 0.05) is 14.1 Å². The molecule has 2 aromatic rings. The van der Waals surface area contributed by atoms with Crippen LogP contribution in [0, 0.1) is 0 Å². The van der Waals surface area contributed by atoms with Gasteiger partial charge < -0.3 is 16.4 Å². The monoisotopic (exact) mass is 239 g/mol. The van der Waals surface area contributed by atoms with E-state index >= 15 is 0 Å². The van der Waals surface area contributed by atoms with Crippen molar-refractivity contribution in [3.05, 3.63) is 5.15 Å². The maximum Gasteiger partial charge on any atom is 0.224 e. The van der Waals surface area contributed by atoms with Crippen molar-refractivity contribution in [1.82, 2.24) is 19.9 Å². The minimum absolute atomic E-state index is 0.0614. The molecule has 0 unspecified atom stereocenters. The summed E-state index contributed by atoms with van der Waals surface area (Å²) in [5.74, 6) is 0.736. The van der Waals surface area contributed by atoms with Crippen LogP contribution < -0.4 is 16.4 Å². The van der Waals surface area contributed by atoms with E-state index in [4.69, 9.17) is 23.1 Å². The minimum Gasteiger partial charge on any atom is -0.382 e. The summed E-state index contributed by atoms with van der Waals surface area (Å²) in [6.07, 6.45) is 0. The Morgan fingerprint density at radius 1 is 1.06 bits per heavy atom. The van der Waals surface area contributed by atoms with Gasteiger partial charge in [0.25, 0.3) is 0 Å². The predicted octanol–water partition coefficient (Wildman–Crippen LogP) is 0.304. The minimum atomic E-state index is 0.0614. The molecule has 0 aromatic carbocycles. The fraction of sp³-hybridized carbons (Fsp3) is 0.250. The first-order valence-electron chi connectivity index (χ1n) is 4.42. The molecule has 0 radical (unpaired) electrons. The highest BCUT2D eigenvalue weighted by molar-refractivity contribution is 6.32. The van der Waals surface area contributed by atoms with E-state index in [-0.39, 0.29) is 16.9 Å². The molecule has 0 aliphatic carbocycles. The lowest BCUT2D eigenvalue weighted by Crippen LogP contribution is -2.13. The van der Waals surface area contributed by atoms with Crippen molar-refractivity contribution in [2.45, 2.75) is 0 Å². The van der Waals surface area contributed by atoms with Crippen LogP contribution in [0.2, 0.25) is 5.15 Å². The smallest absolute Gasteiger partial charge is 0.224 e. The highest BCUT2D eigenvalue weighted by atomic mass is 35.5. The average molecular weight is 240 g/mol. The molecular formula is C8H10ClN7. The Balaban J connectivity index is 2.79. The molecule has 16 heavy (non-hydrogen) atoms. The van der Waals surface area contributed by atoms with E-state index in [0.29, 0.717) is 17.0 Å². The Kier molecular flexibility index (Phi) is 2.39. The van der Waals surface area contributed by atoms with Gasteiger partial charge in [-0.3, -0.25) is 0 Å². The number of anilines is 3. The zero-order valence-corrected chi connectivity index (χ0v) is 9.52. The number of rotatable bonds is 1. The predicted molar refractivity (Wildman–Crippen MR) is 63.3 cm³/mol. The van der Waals surface area contributed by atoms with E-state index in [9.17, 15) is 0 Å². The molecule has 0 amide bonds. The summed E-state index contributed by atoms with van der Waals surface area (Å²) >= 11 is 5.95. The van der Waals surface area contributed by atoms with Gasteiger partial charge >= 0.3 is 0 Å². The third kappa shape index (κ3) is 1.65. The zero-order chi connectivity index (χ0) is 11.9. The van der Waals surface area contributed by atoms with E-state index < -0.39 is 0 Å². The second-order valence-corrected chi connectivity index (χ2v) is 3.73. The van der Waals surface area contributed by atoms with Crippen LogP contribution >= 0.6 is 11.6 Å². The van der Waals surface area contributed by atoms with Crippen molar-refractivity contribution in [2.24, 2.45) is 0 Å². The number of nitrogens with zero attached hydrogens (tertiary/aromatic N) is 5. The quantitative estimate of drug-likeness (QED) is 0.737. The van der Waals surface area contributed by atoms with Crippen molar-refractivity contribution in [3.63, 3.8) is 0 Å². The zero-order valence-electron chi connectivity index (χ0n) is 8.77. The summed E-state index contributed by atoms with van der Waals surface area (Å²) in [5.41, 5.74) is 11.8. The van der Waals surface area contributed by atoms with Crippen LogP contribution in [0.1, 0.15) is 0 Å². The Labute approximate surface area is 96.5 Å². The topological polar surface area (TPSA) is 107 Å². The molecule has 2 rings (SSSR count). The fourth-order valence-electron chi connectivity index (χ4n) is 1.24. The van der Waals surface area contributed by atoms with E-state index in [1.807, 2.05) is 0 Å². The molecule has 0 spiro atoms. The molecule has 0 fully saturated rings. The second-order valence-electron chi connectivity index (χ2n) is 3.37. The van der Waals surface area contributed by atoms with Gasteiger partial charge in [-0.05, 0) is 0 Å². The van der Waals surface area contributed by atoms with Gasteiger partial charge in [0.1, 0.15) is 0 Å². The number of fused-ring (bicyclic) bond motifs is 1. The van der Waals surface area contributed by atoms with Gasteiger partial charge in [-0.15, -0.1) is 0 Å². The SMILES string of the molecule is CN(C)c1nc2nc(N)nc(N)c2nc1Cl. The van der Waals surface area contributed by atoms with E-state index in [1.165, 1.54) is 0 Å². The molecule has 0 saturated heterocycles. The lowest BCUT2D eigenvalue weighted by molar-refractivity contribution is 1.05. The molecule has 7 nitrogen and oxygen atoms in total. The van der Waals surface area contributed by atoms with E-state index in [0.717, 1.165) is 0 Å². The Bertz CT molecular complexity index is 554. The highest BCUT2D eigenvalue weighted by Gasteiger charge is 2.12. The molecule has 0 aliphatic heterocycles. The molecule has 0 aliphatic rings. The normalized spacial score (nSPS) is 10.7. The van der Waals surface area contributed by atoms with Crippen molar-refractivity contribution in [2.75, 3.05) is 30.5 Å². The van der Waals surface area contributed by atoms with Gasteiger partial charge in [-0.2, -0.15) is 9.97 Å². The summed E-state index contributed by atoms with van der Waals surface area (Å²) in [5, 5.41) is 0.248. The summed E-state index contributed by atoms with van der Waals surface area (Å²) in [4.78, 5) is 17.8. The van der Waals surface area contributed by atoms with Crippen LogP contribution in [0.25, 0.3) is 11.2 Å². The Hall–Kier alpha value is -1.89. The van der Waals surface area contributed by atoms with Crippen molar-refractivity contribution in [1.29, 1.82) is 0 Å². The molecule has 0 saturated carbocycles. The fourth-order valence-corrected chi connectivity index (χ4v) is 1.54. The van der Waals surface area contributed by atoms with Gasteiger partial charge in [-0.1, -0.05) is 11.6 Å². The summed E-state index contributed by atoms with van der Waals surface area (Å²) in [6.45, 7) is 0. The van der Waals surface area contributed by atoms with Crippen LogP contribution in [0.3, 0.4) is 0 Å². The van der Waals surface area contributed by atoms with Gasteiger partial charge in [-0.25, -0.2) is 9.97 Å². The molecule has 2 heterocycles.